The third kappa shape index (κ3) is 3.85. The van der Waals surface area contributed by atoms with Gasteiger partial charge in [-0.05, 0) is 36.8 Å². The fourth-order valence-electron chi connectivity index (χ4n) is 3.08. The van der Waals surface area contributed by atoms with E-state index in [1.165, 1.54) is 12.8 Å². The molecule has 0 aliphatic carbocycles. The first-order valence-electron chi connectivity index (χ1n) is 8.87. The fraction of sp³-hybridized carbons (Fsp3) is 0.286. The highest BCUT2D eigenvalue weighted by molar-refractivity contribution is 6.14. The number of carbonyl (C=O) groups excluding carboxylic acids is 1. The molecular weight excluding hydrogens is 312 g/mol. The molecule has 3 rings (SSSR count). The topological polar surface area (TPSA) is 56.3 Å². The predicted octanol–water partition coefficient (Wildman–Crippen LogP) is 5.10. The normalized spacial score (nSPS) is 10.9. The summed E-state index contributed by atoms with van der Waals surface area (Å²) in [6, 6.07) is 14.8. The molecule has 1 aromatic heterocycles. The van der Waals surface area contributed by atoms with Gasteiger partial charge in [-0.2, -0.15) is 0 Å². The molecule has 0 aliphatic rings. The Morgan fingerprint density at radius 3 is 2.64 bits per heavy atom. The van der Waals surface area contributed by atoms with E-state index in [0.717, 1.165) is 29.4 Å². The van der Waals surface area contributed by atoms with E-state index in [9.17, 15) is 9.90 Å². The molecule has 0 atom stereocenters. The number of aromatic nitrogens is 1. The summed E-state index contributed by atoms with van der Waals surface area (Å²) in [4.78, 5) is 18.2. The number of nitrogens with one attached hydrogen (secondary N) is 1. The number of hydrogen-bond donors (Lipinski definition) is 2. The zero-order valence-electron chi connectivity index (χ0n) is 14.5. The average Bonchev–Trinajstić information content (AvgIpc) is 3.05. The molecule has 4 heteroatoms. The lowest BCUT2D eigenvalue weighted by atomic mass is 10.1. The molecule has 0 aliphatic heterocycles. The summed E-state index contributed by atoms with van der Waals surface area (Å²) < 4.78 is 0. The second kappa shape index (κ2) is 7.88. The first kappa shape index (κ1) is 17.1. The average molecular weight is 336 g/mol. The molecule has 25 heavy (non-hydrogen) atoms. The molecule has 0 saturated heterocycles. The molecule has 2 N–H and O–H groups in total. The van der Waals surface area contributed by atoms with Crippen LogP contribution in [0.2, 0.25) is 0 Å². The van der Waals surface area contributed by atoms with Gasteiger partial charge in [0.15, 0.2) is 0 Å². The van der Waals surface area contributed by atoms with E-state index in [4.69, 9.17) is 0 Å². The highest BCUT2D eigenvalue weighted by Gasteiger charge is 2.20. The summed E-state index contributed by atoms with van der Waals surface area (Å²) in [5, 5.41) is 10.5. The third-order valence-corrected chi connectivity index (χ3v) is 4.44. The maximum atomic E-state index is 13.2. The minimum Gasteiger partial charge on any atom is -0.508 e. The largest absolute Gasteiger partial charge is 0.508 e. The van der Waals surface area contributed by atoms with E-state index in [0.29, 0.717) is 12.1 Å². The summed E-state index contributed by atoms with van der Waals surface area (Å²) in [6.07, 6.45) is 6.16. The van der Waals surface area contributed by atoms with E-state index >= 15 is 0 Å². The Hall–Kier alpha value is -2.75. The molecule has 2 aromatic carbocycles. The van der Waals surface area contributed by atoms with Gasteiger partial charge in [0.05, 0.1) is 5.56 Å². The van der Waals surface area contributed by atoms with Gasteiger partial charge < -0.3 is 15.0 Å². The van der Waals surface area contributed by atoms with Crippen LogP contribution in [0, 0.1) is 0 Å². The Balaban J connectivity index is 1.91. The number of unbranched alkanes of at least 4 members (excludes halogenated alkanes) is 3. The van der Waals surface area contributed by atoms with Gasteiger partial charge in [-0.25, -0.2) is 0 Å². The molecule has 0 saturated carbocycles. The van der Waals surface area contributed by atoms with Gasteiger partial charge in [0, 0.05) is 29.3 Å². The van der Waals surface area contributed by atoms with E-state index in [2.05, 4.69) is 11.9 Å². The van der Waals surface area contributed by atoms with Crippen LogP contribution < -0.4 is 4.90 Å². The highest BCUT2D eigenvalue weighted by atomic mass is 16.3. The number of benzene rings is 2. The number of aromatic hydroxyl groups is 1. The van der Waals surface area contributed by atoms with E-state index < -0.39 is 0 Å². The second-order valence-corrected chi connectivity index (χ2v) is 6.29. The van der Waals surface area contributed by atoms with Crippen molar-refractivity contribution >= 4 is 22.5 Å². The first-order valence-corrected chi connectivity index (χ1v) is 8.87. The first-order chi connectivity index (χ1) is 12.2. The highest BCUT2D eigenvalue weighted by Crippen LogP contribution is 2.26. The van der Waals surface area contributed by atoms with Crippen molar-refractivity contribution in [1.82, 2.24) is 4.98 Å². The smallest absolute Gasteiger partial charge is 0.260 e. The van der Waals surface area contributed by atoms with Gasteiger partial charge in [0.1, 0.15) is 5.75 Å². The zero-order valence-corrected chi connectivity index (χ0v) is 14.5. The molecule has 4 nitrogen and oxygen atoms in total. The standard InChI is InChI=1S/C21H24N2O2/c1-2-3-4-8-13-23(16-9-6-5-7-10-16)21(25)19-15-22-20-12-11-17(24)14-18(19)20/h5-7,9-12,14-15,22,24H,2-4,8,13H2,1H3. The molecular formula is C21H24N2O2. The Morgan fingerprint density at radius 1 is 1.08 bits per heavy atom. The van der Waals surface area contributed by atoms with Crippen molar-refractivity contribution in [2.45, 2.75) is 32.6 Å². The number of H-pyrrole nitrogens is 1. The number of hydrogen-bond acceptors (Lipinski definition) is 2. The van der Waals surface area contributed by atoms with Crippen LogP contribution in [0.3, 0.4) is 0 Å². The summed E-state index contributed by atoms with van der Waals surface area (Å²) in [6.45, 7) is 2.87. The minimum atomic E-state index is -0.0421. The number of para-hydroxylation sites is 1. The Morgan fingerprint density at radius 2 is 1.88 bits per heavy atom. The number of anilines is 1. The lowest BCUT2D eigenvalue weighted by molar-refractivity contribution is 0.0988. The number of aromatic amines is 1. The number of rotatable bonds is 7. The SMILES string of the molecule is CCCCCCN(C(=O)c1c[nH]c2ccc(O)cc12)c1ccccc1. The van der Waals surface area contributed by atoms with Crippen molar-refractivity contribution < 1.29 is 9.90 Å². The number of phenols is 1. The van der Waals surface area contributed by atoms with Crippen LogP contribution in [-0.2, 0) is 0 Å². The summed E-state index contributed by atoms with van der Waals surface area (Å²) in [5.41, 5.74) is 2.34. The number of nitrogens with zero attached hydrogens (tertiary/aromatic N) is 1. The number of phenolic OH excluding ortho intramolecular Hbond substituents is 1. The van der Waals surface area contributed by atoms with Crippen molar-refractivity contribution in [2.24, 2.45) is 0 Å². The van der Waals surface area contributed by atoms with Crippen molar-refractivity contribution in [1.29, 1.82) is 0 Å². The summed E-state index contributed by atoms with van der Waals surface area (Å²) in [5.74, 6) is 0.120. The zero-order chi connectivity index (χ0) is 17.6. The van der Waals surface area contributed by atoms with Crippen LogP contribution in [-0.4, -0.2) is 22.5 Å². The van der Waals surface area contributed by atoms with Gasteiger partial charge in [-0.15, -0.1) is 0 Å². The van der Waals surface area contributed by atoms with Crippen LogP contribution in [0.15, 0.2) is 54.7 Å². The van der Waals surface area contributed by atoms with E-state index in [-0.39, 0.29) is 11.7 Å². The Kier molecular flexibility index (Phi) is 5.39. The molecule has 3 aromatic rings. The van der Waals surface area contributed by atoms with Crippen molar-refractivity contribution in [2.75, 3.05) is 11.4 Å². The number of fused-ring (bicyclic) bond motifs is 1. The van der Waals surface area contributed by atoms with Crippen LogP contribution in [0.1, 0.15) is 43.0 Å². The van der Waals surface area contributed by atoms with Gasteiger partial charge in [0.25, 0.3) is 5.91 Å². The third-order valence-electron chi connectivity index (χ3n) is 4.44. The van der Waals surface area contributed by atoms with Crippen molar-refractivity contribution in [3.05, 3.63) is 60.3 Å². The second-order valence-electron chi connectivity index (χ2n) is 6.29. The number of amides is 1. The molecule has 0 unspecified atom stereocenters. The van der Waals surface area contributed by atoms with Crippen LogP contribution in [0.25, 0.3) is 10.9 Å². The molecule has 1 heterocycles. The van der Waals surface area contributed by atoms with Crippen molar-refractivity contribution in [3.8, 4) is 5.75 Å². The van der Waals surface area contributed by atoms with Gasteiger partial charge in [0.2, 0.25) is 0 Å². The van der Waals surface area contributed by atoms with Gasteiger partial charge in [-0.3, -0.25) is 4.79 Å². The molecule has 0 spiro atoms. The van der Waals surface area contributed by atoms with Crippen molar-refractivity contribution in [3.63, 3.8) is 0 Å². The van der Waals surface area contributed by atoms with Gasteiger partial charge in [-0.1, -0.05) is 44.4 Å². The van der Waals surface area contributed by atoms with Crippen LogP contribution in [0.5, 0.6) is 5.75 Å². The fourth-order valence-corrected chi connectivity index (χ4v) is 3.08. The molecule has 0 fully saturated rings. The summed E-state index contributed by atoms with van der Waals surface area (Å²) in [7, 11) is 0. The van der Waals surface area contributed by atoms with Crippen LogP contribution in [0.4, 0.5) is 5.69 Å². The van der Waals surface area contributed by atoms with Gasteiger partial charge >= 0.3 is 0 Å². The number of carbonyl (C=O) groups is 1. The Labute approximate surface area is 148 Å². The molecule has 130 valence electrons. The minimum absolute atomic E-state index is 0.0421. The quantitative estimate of drug-likeness (QED) is 0.590. The van der Waals surface area contributed by atoms with Crippen LogP contribution >= 0.6 is 0 Å². The maximum absolute atomic E-state index is 13.2. The maximum Gasteiger partial charge on any atom is 0.260 e. The molecule has 0 bridgehead atoms. The summed E-state index contributed by atoms with van der Waals surface area (Å²) >= 11 is 0. The molecule has 1 amide bonds. The lowest BCUT2D eigenvalue weighted by Gasteiger charge is -2.22. The lowest BCUT2D eigenvalue weighted by Crippen LogP contribution is -2.31. The van der Waals surface area contributed by atoms with E-state index in [1.807, 2.05) is 35.2 Å². The Bertz CT molecular complexity index is 839. The monoisotopic (exact) mass is 336 g/mol. The molecule has 0 radical (unpaired) electrons. The van der Waals surface area contributed by atoms with E-state index in [1.54, 1.807) is 24.4 Å². The predicted molar refractivity (Wildman–Crippen MR) is 102 cm³/mol.